The van der Waals surface area contributed by atoms with E-state index in [2.05, 4.69) is 20.5 Å². The Balaban J connectivity index is 1.52. The van der Waals surface area contributed by atoms with Crippen molar-refractivity contribution in [3.05, 3.63) is 58.7 Å². The second-order valence-electron chi connectivity index (χ2n) is 6.27. The molecule has 0 spiro atoms. The number of carbonyl (C=O) groups is 1. The second-order valence-corrected chi connectivity index (χ2v) is 7.05. The molecule has 0 aliphatic heterocycles. The lowest BCUT2D eigenvalue weighted by Gasteiger charge is -2.37. The highest BCUT2D eigenvalue weighted by Crippen LogP contribution is 2.37. The van der Waals surface area contributed by atoms with E-state index in [1.165, 1.54) is 0 Å². The van der Waals surface area contributed by atoms with E-state index in [0.717, 1.165) is 17.0 Å². The van der Waals surface area contributed by atoms with E-state index in [0.29, 0.717) is 18.5 Å². The fourth-order valence-electron chi connectivity index (χ4n) is 3.11. The van der Waals surface area contributed by atoms with Gasteiger partial charge in [-0.1, -0.05) is 6.07 Å². The molecule has 1 atom stereocenters. The summed E-state index contributed by atoms with van der Waals surface area (Å²) in [5.74, 6) is -0.0286. The summed E-state index contributed by atoms with van der Waals surface area (Å²) in [5, 5.41) is 23.7. The van der Waals surface area contributed by atoms with Gasteiger partial charge in [0.15, 0.2) is 0 Å². The van der Waals surface area contributed by atoms with Crippen molar-refractivity contribution in [2.24, 2.45) is 5.92 Å². The van der Waals surface area contributed by atoms with Crippen molar-refractivity contribution < 1.29 is 9.90 Å². The molecule has 3 N–H and O–H groups in total. The van der Waals surface area contributed by atoms with Gasteiger partial charge in [0.2, 0.25) is 0 Å². The van der Waals surface area contributed by atoms with E-state index in [9.17, 15) is 9.90 Å². The van der Waals surface area contributed by atoms with Crippen molar-refractivity contribution in [2.45, 2.75) is 25.0 Å². The van der Waals surface area contributed by atoms with Crippen molar-refractivity contribution in [3.8, 4) is 11.3 Å². The predicted molar refractivity (Wildman–Crippen MR) is 95.1 cm³/mol. The van der Waals surface area contributed by atoms with Gasteiger partial charge in [-0.25, -0.2) is 0 Å². The quantitative estimate of drug-likeness (QED) is 0.657. The highest BCUT2D eigenvalue weighted by molar-refractivity contribution is 7.08. The topological polar surface area (TPSA) is 90.9 Å². The van der Waals surface area contributed by atoms with Crippen LogP contribution >= 0.6 is 11.3 Å². The molecule has 7 heteroatoms. The molecule has 3 aromatic heterocycles. The molecule has 1 aliphatic rings. The van der Waals surface area contributed by atoms with E-state index in [4.69, 9.17) is 0 Å². The van der Waals surface area contributed by atoms with Gasteiger partial charge in [-0.3, -0.25) is 14.9 Å². The molecule has 3 heterocycles. The number of hydrogen-bond acceptors (Lipinski definition) is 5. The summed E-state index contributed by atoms with van der Waals surface area (Å²) in [7, 11) is 0. The molecule has 1 aliphatic carbocycles. The molecular formula is C18H18N4O2S. The lowest BCUT2D eigenvalue weighted by molar-refractivity contribution is 0.0227. The molecule has 3 aromatic rings. The number of H-pyrrole nitrogens is 1. The second kappa shape index (κ2) is 6.78. The Morgan fingerprint density at radius 2 is 2.24 bits per heavy atom. The van der Waals surface area contributed by atoms with E-state index in [1.54, 1.807) is 23.6 Å². The van der Waals surface area contributed by atoms with Crippen LogP contribution in [-0.2, 0) is 0 Å². The van der Waals surface area contributed by atoms with Gasteiger partial charge in [-0.15, -0.1) is 0 Å². The van der Waals surface area contributed by atoms with Gasteiger partial charge in [0, 0.05) is 17.1 Å². The first-order chi connectivity index (χ1) is 12.2. The number of carbonyl (C=O) groups excluding carboxylic acids is 1. The van der Waals surface area contributed by atoms with Crippen molar-refractivity contribution in [3.63, 3.8) is 0 Å². The highest BCUT2D eigenvalue weighted by Gasteiger charge is 2.36. The molecule has 6 nitrogen and oxygen atoms in total. The lowest BCUT2D eigenvalue weighted by Crippen LogP contribution is -2.41. The van der Waals surface area contributed by atoms with Gasteiger partial charge >= 0.3 is 0 Å². The van der Waals surface area contributed by atoms with Crippen LogP contribution in [0.4, 0.5) is 0 Å². The number of nitrogens with one attached hydrogen (secondary N) is 2. The van der Waals surface area contributed by atoms with Crippen LogP contribution in [0.3, 0.4) is 0 Å². The lowest BCUT2D eigenvalue weighted by atomic mass is 9.76. The Hall–Kier alpha value is -2.51. The molecule has 1 saturated carbocycles. The number of aromatic amines is 1. The van der Waals surface area contributed by atoms with Crippen LogP contribution in [0.5, 0.6) is 0 Å². The van der Waals surface area contributed by atoms with Crippen molar-refractivity contribution in [2.75, 3.05) is 0 Å². The highest BCUT2D eigenvalue weighted by atomic mass is 32.1. The third-order valence-electron chi connectivity index (χ3n) is 4.55. The number of aromatic nitrogens is 3. The Morgan fingerprint density at radius 3 is 2.92 bits per heavy atom. The van der Waals surface area contributed by atoms with Crippen LogP contribution in [-0.4, -0.2) is 32.3 Å². The molecule has 0 radical (unpaired) electrons. The van der Waals surface area contributed by atoms with Gasteiger partial charge in [0.05, 0.1) is 23.5 Å². The minimum Gasteiger partial charge on any atom is -0.393 e. The number of nitrogens with zero attached hydrogens (tertiary/aromatic N) is 2. The number of aliphatic hydroxyl groups excluding tert-OH is 1. The number of hydrogen-bond donors (Lipinski definition) is 3. The third-order valence-corrected chi connectivity index (χ3v) is 5.24. The first-order valence-corrected chi connectivity index (χ1v) is 9.13. The molecule has 0 bridgehead atoms. The van der Waals surface area contributed by atoms with Gasteiger partial charge < -0.3 is 10.4 Å². The maximum Gasteiger partial charge on any atom is 0.269 e. The summed E-state index contributed by atoms with van der Waals surface area (Å²) in [5.41, 5.74) is 2.97. The Kier molecular flexibility index (Phi) is 4.33. The van der Waals surface area contributed by atoms with E-state index >= 15 is 0 Å². The van der Waals surface area contributed by atoms with Crippen LogP contribution in [0.2, 0.25) is 0 Å². The first kappa shape index (κ1) is 16.0. The summed E-state index contributed by atoms with van der Waals surface area (Å²) in [6.07, 6.45) is 2.77. The zero-order valence-corrected chi connectivity index (χ0v) is 14.2. The fourth-order valence-corrected chi connectivity index (χ4v) is 3.76. The third kappa shape index (κ3) is 3.33. The molecule has 1 fully saturated rings. The number of rotatable bonds is 5. The number of thiophene rings is 1. The molecule has 4 rings (SSSR count). The average molecular weight is 354 g/mol. The van der Waals surface area contributed by atoms with E-state index in [1.807, 2.05) is 35.0 Å². The minimum absolute atomic E-state index is 0.188. The summed E-state index contributed by atoms with van der Waals surface area (Å²) in [4.78, 5) is 17.0. The van der Waals surface area contributed by atoms with Crippen LogP contribution in [0.15, 0.2) is 47.3 Å². The van der Waals surface area contributed by atoms with Crippen LogP contribution in [0.1, 0.15) is 35.1 Å². The summed E-state index contributed by atoms with van der Waals surface area (Å²) in [6, 6.07) is 9.16. The van der Waals surface area contributed by atoms with Crippen LogP contribution in [0.25, 0.3) is 11.3 Å². The number of pyridine rings is 1. The molecular weight excluding hydrogens is 336 g/mol. The van der Waals surface area contributed by atoms with Gasteiger partial charge in [-0.05, 0) is 48.4 Å². The molecule has 0 aromatic carbocycles. The first-order valence-electron chi connectivity index (χ1n) is 8.18. The van der Waals surface area contributed by atoms with E-state index < -0.39 is 0 Å². The zero-order valence-electron chi connectivity index (χ0n) is 13.4. The normalized spacial score (nSPS) is 20.7. The predicted octanol–water partition coefficient (Wildman–Crippen LogP) is 2.78. The molecule has 128 valence electrons. The van der Waals surface area contributed by atoms with Gasteiger partial charge in [-0.2, -0.15) is 16.4 Å². The van der Waals surface area contributed by atoms with Crippen LogP contribution in [0, 0.1) is 5.92 Å². The van der Waals surface area contributed by atoms with Gasteiger partial charge in [0.1, 0.15) is 5.69 Å². The summed E-state index contributed by atoms with van der Waals surface area (Å²) in [6.45, 7) is 0. The molecule has 25 heavy (non-hydrogen) atoms. The zero-order chi connectivity index (χ0) is 17.2. The van der Waals surface area contributed by atoms with Crippen molar-refractivity contribution in [1.82, 2.24) is 20.5 Å². The van der Waals surface area contributed by atoms with Crippen LogP contribution < -0.4 is 5.32 Å². The SMILES string of the molecule is O=C(NC(c1ccccn1)C1CC(O)C1)c1cc(-c2ccsc2)n[nH]1. The molecule has 0 saturated heterocycles. The smallest absolute Gasteiger partial charge is 0.269 e. The number of aliphatic hydroxyl groups is 1. The summed E-state index contributed by atoms with van der Waals surface area (Å²) >= 11 is 1.59. The summed E-state index contributed by atoms with van der Waals surface area (Å²) < 4.78 is 0. The minimum atomic E-state index is -0.287. The average Bonchev–Trinajstić information content (AvgIpc) is 3.28. The Morgan fingerprint density at radius 1 is 1.36 bits per heavy atom. The largest absolute Gasteiger partial charge is 0.393 e. The molecule has 1 unspecified atom stereocenters. The number of amides is 1. The Bertz CT molecular complexity index is 841. The van der Waals surface area contributed by atoms with Crippen molar-refractivity contribution in [1.29, 1.82) is 0 Å². The van der Waals surface area contributed by atoms with Gasteiger partial charge in [0.25, 0.3) is 5.91 Å². The van der Waals surface area contributed by atoms with Crippen molar-refractivity contribution >= 4 is 17.2 Å². The maximum atomic E-state index is 12.7. The van der Waals surface area contributed by atoms with E-state index in [-0.39, 0.29) is 24.0 Å². The maximum absolute atomic E-state index is 12.7. The molecule has 1 amide bonds. The fraction of sp³-hybridized carbons (Fsp3) is 0.278. The standard InChI is InChI=1S/C18H18N4O2S/c23-13-7-12(8-13)17(14-3-1-2-5-19-14)20-18(24)16-9-15(21-22-16)11-4-6-25-10-11/h1-6,9-10,12-13,17,23H,7-8H2,(H,20,24)(H,21,22). The monoisotopic (exact) mass is 354 g/mol. The Labute approximate surface area is 148 Å².